The van der Waals surface area contributed by atoms with Crippen molar-refractivity contribution in [3.05, 3.63) is 59.9 Å². The number of urea groups is 1. The lowest BCUT2D eigenvalue weighted by Crippen LogP contribution is -2.47. The van der Waals surface area contributed by atoms with Crippen LogP contribution in [0, 0.1) is 12.8 Å². The van der Waals surface area contributed by atoms with Crippen molar-refractivity contribution in [1.29, 1.82) is 0 Å². The van der Waals surface area contributed by atoms with E-state index < -0.39 is 0 Å². The summed E-state index contributed by atoms with van der Waals surface area (Å²) in [6.45, 7) is 3.70. The van der Waals surface area contributed by atoms with Crippen LogP contribution in [0.3, 0.4) is 0 Å². The fourth-order valence-electron chi connectivity index (χ4n) is 3.32. The highest BCUT2D eigenvalue weighted by molar-refractivity contribution is 5.90. The molecule has 6 heteroatoms. The second kappa shape index (κ2) is 9.16. The molecule has 2 aromatic rings. The van der Waals surface area contributed by atoms with E-state index in [1.54, 1.807) is 11.1 Å². The zero-order chi connectivity index (χ0) is 19.1. The second-order valence-electron chi connectivity index (χ2n) is 6.99. The molecular weight excluding hydrogens is 340 g/mol. The molecule has 2 N–H and O–H groups in total. The number of nitrogens with zero attached hydrogens (tertiary/aromatic N) is 2. The molecule has 0 aliphatic carbocycles. The summed E-state index contributed by atoms with van der Waals surface area (Å²) in [4.78, 5) is 30.8. The minimum atomic E-state index is -0.157. The lowest BCUT2D eigenvalue weighted by atomic mass is 9.97. The highest BCUT2D eigenvalue weighted by atomic mass is 16.2. The minimum absolute atomic E-state index is 0.0203. The van der Waals surface area contributed by atoms with Crippen molar-refractivity contribution in [1.82, 2.24) is 15.2 Å². The number of likely N-dealkylation sites (tertiary alicyclic amines) is 1. The standard InChI is InChI=1S/C21H26N4O2/c1-16-5-2-8-19(13-16)24-21(27)25-12-4-7-18(15-25)20(26)23-11-9-17-6-3-10-22-14-17/h2-3,5-6,8,10,13-14,18H,4,7,9,11-12,15H2,1H3,(H,23,26)(H,24,27). The first-order valence-corrected chi connectivity index (χ1v) is 9.41. The maximum Gasteiger partial charge on any atom is 0.321 e. The lowest BCUT2D eigenvalue weighted by Gasteiger charge is -2.32. The number of anilines is 1. The third-order valence-corrected chi connectivity index (χ3v) is 4.78. The van der Waals surface area contributed by atoms with E-state index in [1.807, 2.05) is 49.5 Å². The van der Waals surface area contributed by atoms with Crippen LogP contribution in [0.25, 0.3) is 0 Å². The Morgan fingerprint density at radius 2 is 2.15 bits per heavy atom. The van der Waals surface area contributed by atoms with E-state index in [-0.39, 0.29) is 17.9 Å². The predicted octanol–water partition coefficient (Wildman–Crippen LogP) is 2.99. The number of aromatic nitrogens is 1. The van der Waals surface area contributed by atoms with Gasteiger partial charge >= 0.3 is 6.03 Å². The normalized spacial score (nSPS) is 16.6. The number of carbonyl (C=O) groups excluding carboxylic acids is 2. The fraction of sp³-hybridized carbons (Fsp3) is 0.381. The molecule has 3 amide bonds. The number of amides is 3. The summed E-state index contributed by atoms with van der Waals surface area (Å²) in [7, 11) is 0. The van der Waals surface area contributed by atoms with E-state index in [2.05, 4.69) is 15.6 Å². The van der Waals surface area contributed by atoms with Crippen LogP contribution < -0.4 is 10.6 Å². The van der Waals surface area contributed by atoms with E-state index in [9.17, 15) is 9.59 Å². The van der Waals surface area contributed by atoms with E-state index in [4.69, 9.17) is 0 Å². The molecule has 1 aromatic heterocycles. The first-order valence-electron chi connectivity index (χ1n) is 9.41. The highest BCUT2D eigenvalue weighted by Gasteiger charge is 2.28. The van der Waals surface area contributed by atoms with Gasteiger partial charge in [0.2, 0.25) is 5.91 Å². The molecule has 1 saturated heterocycles. The molecule has 1 atom stereocenters. The maximum absolute atomic E-state index is 12.5. The van der Waals surface area contributed by atoms with Crippen molar-refractivity contribution in [2.24, 2.45) is 5.92 Å². The van der Waals surface area contributed by atoms with Crippen molar-refractivity contribution in [2.45, 2.75) is 26.2 Å². The monoisotopic (exact) mass is 366 g/mol. The van der Waals surface area contributed by atoms with E-state index in [1.165, 1.54) is 0 Å². The first-order chi connectivity index (χ1) is 13.1. The van der Waals surface area contributed by atoms with Crippen molar-refractivity contribution in [3.8, 4) is 0 Å². The zero-order valence-electron chi connectivity index (χ0n) is 15.6. The number of benzene rings is 1. The molecule has 0 radical (unpaired) electrons. The number of nitrogens with one attached hydrogen (secondary N) is 2. The van der Waals surface area contributed by atoms with Gasteiger partial charge in [0, 0.05) is 37.7 Å². The predicted molar refractivity (Wildman–Crippen MR) is 105 cm³/mol. The smallest absolute Gasteiger partial charge is 0.321 e. The summed E-state index contributed by atoms with van der Waals surface area (Å²) in [5, 5.41) is 5.92. The van der Waals surface area contributed by atoms with Gasteiger partial charge in [0.15, 0.2) is 0 Å². The first kappa shape index (κ1) is 18.9. The molecule has 0 saturated carbocycles. The van der Waals surface area contributed by atoms with Gasteiger partial charge in [0.1, 0.15) is 0 Å². The lowest BCUT2D eigenvalue weighted by molar-refractivity contribution is -0.126. The topological polar surface area (TPSA) is 74.3 Å². The van der Waals surface area contributed by atoms with Crippen LogP contribution in [0.1, 0.15) is 24.0 Å². The van der Waals surface area contributed by atoms with Crippen LogP contribution in [0.4, 0.5) is 10.5 Å². The summed E-state index contributed by atoms with van der Waals surface area (Å²) in [6.07, 6.45) is 5.95. The van der Waals surface area contributed by atoms with Gasteiger partial charge in [-0.3, -0.25) is 9.78 Å². The number of carbonyl (C=O) groups is 2. The van der Waals surface area contributed by atoms with Gasteiger partial charge in [-0.15, -0.1) is 0 Å². The van der Waals surface area contributed by atoms with Crippen LogP contribution in [0.2, 0.25) is 0 Å². The average Bonchev–Trinajstić information content (AvgIpc) is 2.69. The SMILES string of the molecule is Cc1cccc(NC(=O)N2CCCC(C(=O)NCCc3cccnc3)C2)c1. The molecule has 1 aliphatic heterocycles. The van der Waals surface area contributed by atoms with E-state index in [0.717, 1.165) is 36.1 Å². The molecule has 1 aromatic carbocycles. The van der Waals surface area contributed by atoms with Gasteiger partial charge in [-0.25, -0.2) is 4.79 Å². The van der Waals surface area contributed by atoms with Crippen LogP contribution in [-0.2, 0) is 11.2 Å². The largest absolute Gasteiger partial charge is 0.355 e. The number of hydrogen-bond donors (Lipinski definition) is 2. The summed E-state index contributed by atoms with van der Waals surface area (Å²) in [6, 6.07) is 11.5. The minimum Gasteiger partial charge on any atom is -0.355 e. The van der Waals surface area contributed by atoms with Gasteiger partial charge in [0.05, 0.1) is 5.92 Å². The molecule has 0 bridgehead atoms. The number of piperidine rings is 1. The molecule has 142 valence electrons. The van der Waals surface area contributed by atoms with Gasteiger partial charge in [0.25, 0.3) is 0 Å². The van der Waals surface area contributed by atoms with E-state index in [0.29, 0.717) is 19.6 Å². The third-order valence-electron chi connectivity index (χ3n) is 4.78. The van der Waals surface area contributed by atoms with Crippen LogP contribution >= 0.6 is 0 Å². The van der Waals surface area contributed by atoms with Crippen LogP contribution in [0.5, 0.6) is 0 Å². The Hall–Kier alpha value is -2.89. The maximum atomic E-state index is 12.5. The summed E-state index contributed by atoms with van der Waals surface area (Å²) < 4.78 is 0. The number of hydrogen-bond acceptors (Lipinski definition) is 3. The van der Waals surface area contributed by atoms with Crippen LogP contribution in [0.15, 0.2) is 48.8 Å². The molecule has 1 aliphatic rings. The van der Waals surface area contributed by atoms with Gasteiger partial charge in [-0.1, -0.05) is 18.2 Å². The van der Waals surface area contributed by atoms with Crippen molar-refractivity contribution in [2.75, 3.05) is 25.0 Å². The average molecular weight is 366 g/mol. The molecule has 3 rings (SSSR count). The Bertz CT molecular complexity index is 779. The second-order valence-corrected chi connectivity index (χ2v) is 6.99. The Kier molecular flexibility index (Phi) is 6.41. The highest BCUT2D eigenvalue weighted by Crippen LogP contribution is 2.18. The molecule has 1 unspecified atom stereocenters. The quantitative estimate of drug-likeness (QED) is 0.854. The zero-order valence-corrected chi connectivity index (χ0v) is 15.6. The summed E-state index contributed by atoms with van der Waals surface area (Å²) in [5.74, 6) is -0.136. The van der Waals surface area contributed by atoms with Gasteiger partial charge < -0.3 is 15.5 Å². The molecule has 0 spiro atoms. The Labute approximate surface area is 160 Å². The molecule has 1 fully saturated rings. The van der Waals surface area contributed by atoms with Crippen molar-refractivity contribution < 1.29 is 9.59 Å². The van der Waals surface area contributed by atoms with E-state index >= 15 is 0 Å². The molecule has 2 heterocycles. The number of rotatable bonds is 5. The Morgan fingerprint density at radius 1 is 1.26 bits per heavy atom. The molecule has 6 nitrogen and oxygen atoms in total. The third kappa shape index (κ3) is 5.54. The number of aryl methyl sites for hydroxylation is 1. The number of pyridine rings is 1. The van der Waals surface area contributed by atoms with Gasteiger partial charge in [-0.2, -0.15) is 0 Å². The Morgan fingerprint density at radius 3 is 2.93 bits per heavy atom. The fourth-order valence-corrected chi connectivity index (χ4v) is 3.32. The summed E-state index contributed by atoms with van der Waals surface area (Å²) >= 11 is 0. The molecule has 27 heavy (non-hydrogen) atoms. The van der Waals surface area contributed by atoms with Crippen molar-refractivity contribution in [3.63, 3.8) is 0 Å². The van der Waals surface area contributed by atoms with Gasteiger partial charge in [-0.05, 0) is 55.5 Å². The van der Waals surface area contributed by atoms with Crippen molar-refractivity contribution >= 4 is 17.6 Å². The van der Waals surface area contributed by atoms with Crippen LogP contribution in [-0.4, -0.2) is 41.5 Å². The molecular formula is C21H26N4O2. The summed E-state index contributed by atoms with van der Waals surface area (Å²) in [5.41, 5.74) is 2.97. The Balaban J connectivity index is 1.47.